The zero-order valence-electron chi connectivity index (χ0n) is 13.8. The molecule has 0 radical (unpaired) electrons. The summed E-state index contributed by atoms with van der Waals surface area (Å²) < 4.78 is 0. The predicted molar refractivity (Wildman–Crippen MR) is 82.7 cm³/mol. The van der Waals surface area contributed by atoms with Crippen molar-refractivity contribution in [2.24, 2.45) is 11.3 Å². The minimum Gasteiger partial charge on any atom is -0.391 e. The molecule has 5 heteroatoms. The summed E-state index contributed by atoms with van der Waals surface area (Å²) >= 11 is 0. The van der Waals surface area contributed by atoms with Crippen LogP contribution in [-0.4, -0.2) is 47.6 Å². The van der Waals surface area contributed by atoms with Gasteiger partial charge in [0.2, 0.25) is 11.8 Å². The van der Waals surface area contributed by atoms with E-state index in [0.29, 0.717) is 38.9 Å². The summed E-state index contributed by atoms with van der Waals surface area (Å²) in [6.45, 7) is 9.38. The number of aliphatic hydroxyl groups is 1. The van der Waals surface area contributed by atoms with Gasteiger partial charge in [0.05, 0.1) is 6.10 Å². The Balaban J connectivity index is 2.35. The van der Waals surface area contributed by atoms with Crippen molar-refractivity contribution in [3.63, 3.8) is 0 Å². The lowest BCUT2D eigenvalue weighted by Crippen LogP contribution is -2.47. The maximum Gasteiger partial charge on any atom is 0.227 e. The summed E-state index contributed by atoms with van der Waals surface area (Å²) in [6.07, 6.45) is 2.57. The maximum absolute atomic E-state index is 12.2. The number of carbonyl (C=O) groups is 2. The number of carbonyl (C=O) groups excluding carboxylic acids is 2. The number of amides is 2. The van der Waals surface area contributed by atoms with Crippen LogP contribution in [0.3, 0.4) is 0 Å². The zero-order valence-corrected chi connectivity index (χ0v) is 13.8. The molecule has 0 aliphatic carbocycles. The third-order valence-electron chi connectivity index (χ3n) is 3.93. The Kier molecular flexibility index (Phi) is 6.65. The molecular formula is C16H30N2O3. The van der Waals surface area contributed by atoms with Gasteiger partial charge in [-0.2, -0.15) is 0 Å². The van der Waals surface area contributed by atoms with Crippen LogP contribution in [0.15, 0.2) is 0 Å². The van der Waals surface area contributed by atoms with E-state index in [2.05, 4.69) is 5.32 Å². The molecule has 1 aliphatic rings. The van der Waals surface area contributed by atoms with Crippen molar-refractivity contribution in [3.05, 3.63) is 0 Å². The summed E-state index contributed by atoms with van der Waals surface area (Å²) in [5.74, 6) is 0.121. The van der Waals surface area contributed by atoms with E-state index in [4.69, 9.17) is 0 Å². The highest BCUT2D eigenvalue weighted by molar-refractivity contribution is 5.82. The molecule has 0 aromatic rings. The van der Waals surface area contributed by atoms with Crippen LogP contribution >= 0.6 is 0 Å². The lowest BCUT2D eigenvalue weighted by molar-refractivity contribution is -0.142. The largest absolute Gasteiger partial charge is 0.391 e. The van der Waals surface area contributed by atoms with Crippen LogP contribution in [0.4, 0.5) is 0 Å². The van der Waals surface area contributed by atoms with Crippen molar-refractivity contribution < 1.29 is 14.7 Å². The molecule has 0 spiro atoms. The molecule has 2 amide bonds. The van der Waals surface area contributed by atoms with Gasteiger partial charge < -0.3 is 15.3 Å². The highest BCUT2D eigenvalue weighted by Gasteiger charge is 2.32. The predicted octanol–water partition coefficient (Wildman–Crippen LogP) is 1.55. The van der Waals surface area contributed by atoms with E-state index in [0.717, 1.165) is 6.42 Å². The molecule has 1 fully saturated rings. The molecule has 21 heavy (non-hydrogen) atoms. The van der Waals surface area contributed by atoms with Crippen molar-refractivity contribution in [1.82, 2.24) is 10.2 Å². The highest BCUT2D eigenvalue weighted by Crippen LogP contribution is 2.23. The Morgan fingerprint density at radius 2 is 1.86 bits per heavy atom. The third kappa shape index (κ3) is 5.65. The first-order valence-corrected chi connectivity index (χ1v) is 8.00. The van der Waals surface area contributed by atoms with E-state index in [1.807, 2.05) is 32.6 Å². The Bertz CT molecular complexity index is 355. The fourth-order valence-corrected chi connectivity index (χ4v) is 2.62. The molecule has 2 N–H and O–H groups in total. The van der Waals surface area contributed by atoms with Gasteiger partial charge >= 0.3 is 0 Å². The molecule has 0 aromatic carbocycles. The van der Waals surface area contributed by atoms with Gasteiger partial charge in [-0.15, -0.1) is 0 Å². The van der Waals surface area contributed by atoms with E-state index < -0.39 is 6.10 Å². The normalized spacial score (nSPS) is 18.4. The fraction of sp³-hybridized carbons (Fsp3) is 0.875. The summed E-state index contributed by atoms with van der Waals surface area (Å²) in [5.41, 5.74) is -0.362. The number of hydrogen-bond acceptors (Lipinski definition) is 3. The van der Waals surface area contributed by atoms with Gasteiger partial charge in [-0.3, -0.25) is 9.59 Å². The highest BCUT2D eigenvalue weighted by atomic mass is 16.3. The Morgan fingerprint density at radius 1 is 1.29 bits per heavy atom. The van der Waals surface area contributed by atoms with E-state index in [1.165, 1.54) is 0 Å². The van der Waals surface area contributed by atoms with Crippen LogP contribution in [0.5, 0.6) is 0 Å². The molecule has 0 aromatic heterocycles. The van der Waals surface area contributed by atoms with E-state index in [9.17, 15) is 14.7 Å². The molecule has 1 aliphatic heterocycles. The molecule has 0 bridgehead atoms. The van der Waals surface area contributed by atoms with Gasteiger partial charge in [0.25, 0.3) is 0 Å². The minimum absolute atomic E-state index is 0.00742. The van der Waals surface area contributed by atoms with Crippen molar-refractivity contribution in [2.75, 3.05) is 19.6 Å². The fourth-order valence-electron chi connectivity index (χ4n) is 2.62. The van der Waals surface area contributed by atoms with Crippen molar-refractivity contribution in [2.45, 2.75) is 59.5 Å². The zero-order chi connectivity index (χ0) is 16.0. The number of nitrogens with zero attached hydrogens (tertiary/aromatic N) is 1. The number of hydrogen-bond donors (Lipinski definition) is 2. The molecule has 1 atom stereocenters. The smallest absolute Gasteiger partial charge is 0.227 e. The average molecular weight is 298 g/mol. The van der Waals surface area contributed by atoms with Crippen LogP contribution in [0.2, 0.25) is 0 Å². The minimum atomic E-state index is -0.457. The first-order chi connectivity index (χ1) is 9.75. The van der Waals surface area contributed by atoms with Gasteiger partial charge in [0.1, 0.15) is 0 Å². The molecule has 1 rings (SSSR count). The molecule has 5 nitrogen and oxygen atoms in total. The lowest BCUT2D eigenvalue weighted by atomic mass is 9.90. The van der Waals surface area contributed by atoms with E-state index in [1.54, 1.807) is 0 Å². The van der Waals surface area contributed by atoms with Crippen LogP contribution < -0.4 is 5.32 Å². The number of piperidine rings is 1. The third-order valence-corrected chi connectivity index (χ3v) is 3.93. The Hall–Kier alpha value is -1.10. The summed E-state index contributed by atoms with van der Waals surface area (Å²) in [4.78, 5) is 26.1. The number of aliphatic hydroxyl groups excluding tert-OH is 1. The molecule has 122 valence electrons. The lowest BCUT2D eigenvalue weighted by Gasteiger charge is -2.35. The van der Waals surface area contributed by atoms with Crippen molar-refractivity contribution in [3.8, 4) is 0 Å². The van der Waals surface area contributed by atoms with Gasteiger partial charge in [-0.05, 0) is 19.3 Å². The SMILES string of the molecule is CCCC(O)CNC(=O)C1CCN(C(=O)C(C)(C)C)CC1. The van der Waals surface area contributed by atoms with Crippen LogP contribution in [-0.2, 0) is 9.59 Å². The molecule has 1 heterocycles. The van der Waals surface area contributed by atoms with E-state index in [-0.39, 0.29) is 23.1 Å². The monoisotopic (exact) mass is 298 g/mol. The van der Waals surface area contributed by atoms with Gasteiger partial charge in [-0.25, -0.2) is 0 Å². The van der Waals surface area contributed by atoms with Crippen molar-refractivity contribution >= 4 is 11.8 Å². The Labute approximate surface area is 128 Å². The van der Waals surface area contributed by atoms with Crippen LogP contribution in [0, 0.1) is 11.3 Å². The second kappa shape index (κ2) is 7.78. The molecule has 0 saturated carbocycles. The standard InChI is InChI=1S/C16H30N2O3/c1-5-6-13(19)11-17-14(20)12-7-9-18(10-8-12)15(21)16(2,3)4/h12-13,19H,5-11H2,1-4H3,(H,17,20). The van der Waals surface area contributed by atoms with Gasteiger partial charge in [0.15, 0.2) is 0 Å². The topological polar surface area (TPSA) is 69.6 Å². The first kappa shape index (κ1) is 18.0. The second-order valence-corrected chi connectivity index (χ2v) is 7.00. The first-order valence-electron chi connectivity index (χ1n) is 8.00. The van der Waals surface area contributed by atoms with Gasteiger partial charge in [0, 0.05) is 31.0 Å². The van der Waals surface area contributed by atoms with Crippen molar-refractivity contribution in [1.29, 1.82) is 0 Å². The molecular weight excluding hydrogens is 268 g/mol. The van der Waals surface area contributed by atoms with Crippen LogP contribution in [0.25, 0.3) is 0 Å². The summed E-state index contributed by atoms with van der Waals surface area (Å²) in [5, 5.41) is 12.5. The number of rotatable bonds is 5. The average Bonchev–Trinajstić information content (AvgIpc) is 2.43. The summed E-state index contributed by atoms with van der Waals surface area (Å²) in [7, 11) is 0. The van der Waals surface area contributed by atoms with Gasteiger partial charge in [-0.1, -0.05) is 34.1 Å². The van der Waals surface area contributed by atoms with Crippen LogP contribution in [0.1, 0.15) is 53.4 Å². The van der Waals surface area contributed by atoms with E-state index >= 15 is 0 Å². The molecule has 1 unspecified atom stereocenters. The number of likely N-dealkylation sites (tertiary alicyclic amines) is 1. The Morgan fingerprint density at radius 3 is 2.33 bits per heavy atom. The number of nitrogens with one attached hydrogen (secondary N) is 1. The maximum atomic E-state index is 12.2. The second-order valence-electron chi connectivity index (χ2n) is 7.00. The quantitative estimate of drug-likeness (QED) is 0.809. The molecule has 1 saturated heterocycles. The summed E-state index contributed by atoms with van der Waals surface area (Å²) in [6, 6.07) is 0.